The van der Waals surface area contributed by atoms with E-state index in [0.29, 0.717) is 12.5 Å². The number of hydrogen-bond acceptors (Lipinski definition) is 3. The van der Waals surface area contributed by atoms with Gasteiger partial charge in [0.15, 0.2) is 0 Å². The molecule has 0 atom stereocenters. The van der Waals surface area contributed by atoms with E-state index in [1.54, 1.807) is 7.11 Å². The number of ether oxygens (including phenoxy) is 1. The van der Waals surface area contributed by atoms with Crippen LogP contribution in [0.2, 0.25) is 0 Å². The van der Waals surface area contributed by atoms with Crippen molar-refractivity contribution >= 4 is 17.3 Å². The first-order chi connectivity index (χ1) is 8.11. The van der Waals surface area contributed by atoms with Gasteiger partial charge in [0.2, 0.25) is 5.91 Å². The van der Waals surface area contributed by atoms with Crippen molar-refractivity contribution in [3.05, 3.63) is 18.2 Å². The number of methoxy groups -OCH3 is 1. The third-order valence-corrected chi connectivity index (χ3v) is 2.99. The molecular formula is C13H18N2O2. The number of nitrogens with zero attached hydrogens (tertiary/aromatic N) is 1. The van der Waals surface area contributed by atoms with Crippen LogP contribution in [0.5, 0.6) is 5.75 Å². The van der Waals surface area contributed by atoms with Gasteiger partial charge in [-0.25, -0.2) is 0 Å². The average molecular weight is 234 g/mol. The molecule has 1 aliphatic heterocycles. The van der Waals surface area contributed by atoms with Gasteiger partial charge in [0.1, 0.15) is 5.75 Å². The second kappa shape index (κ2) is 4.65. The van der Waals surface area contributed by atoms with Gasteiger partial charge in [0.25, 0.3) is 0 Å². The van der Waals surface area contributed by atoms with Crippen LogP contribution >= 0.6 is 0 Å². The topological polar surface area (TPSA) is 41.6 Å². The summed E-state index contributed by atoms with van der Waals surface area (Å²) in [6.07, 6.45) is 0.523. The standard InChI is InChI=1S/C13H18N2O2/c1-9(2)15-7-6-13(16)14-11-5-4-10(17-3)8-12(11)15/h4-5,8-9H,6-7H2,1-3H3,(H,14,16). The van der Waals surface area contributed by atoms with Crippen LogP contribution in [-0.2, 0) is 4.79 Å². The molecule has 0 unspecified atom stereocenters. The Labute approximate surface area is 102 Å². The lowest BCUT2D eigenvalue weighted by molar-refractivity contribution is -0.115. The summed E-state index contributed by atoms with van der Waals surface area (Å²) in [6.45, 7) is 4.99. The largest absolute Gasteiger partial charge is 0.497 e. The molecule has 1 heterocycles. The minimum Gasteiger partial charge on any atom is -0.497 e. The number of carbonyl (C=O) groups is 1. The lowest BCUT2D eigenvalue weighted by Crippen LogP contribution is -2.31. The van der Waals surface area contributed by atoms with E-state index in [0.717, 1.165) is 23.7 Å². The molecule has 4 heteroatoms. The zero-order valence-electron chi connectivity index (χ0n) is 10.5. The number of rotatable bonds is 2. The maximum Gasteiger partial charge on any atom is 0.226 e. The van der Waals surface area contributed by atoms with Crippen molar-refractivity contribution in [2.75, 3.05) is 23.9 Å². The number of amides is 1. The molecular weight excluding hydrogens is 216 g/mol. The van der Waals surface area contributed by atoms with Gasteiger partial charge >= 0.3 is 0 Å². The van der Waals surface area contributed by atoms with Gasteiger partial charge in [-0.15, -0.1) is 0 Å². The van der Waals surface area contributed by atoms with Crippen molar-refractivity contribution in [3.8, 4) is 5.75 Å². The molecule has 1 aliphatic rings. The molecule has 17 heavy (non-hydrogen) atoms. The number of fused-ring (bicyclic) bond motifs is 1. The first kappa shape index (κ1) is 11.8. The zero-order chi connectivity index (χ0) is 12.4. The van der Waals surface area contributed by atoms with Gasteiger partial charge in [0, 0.05) is 25.1 Å². The fraction of sp³-hybridized carbons (Fsp3) is 0.462. The first-order valence-electron chi connectivity index (χ1n) is 5.86. The van der Waals surface area contributed by atoms with Crippen LogP contribution < -0.4 is 15.0 Å². The zero-order valence-corrected chi connectivity index (χ0v) is 10.5. The fourth-order valence-corrected chi connectivity index (χ4v) is 2.07. The summed E-state index contributed by atoms with van der Waals surface area (Å²) in [6, 6.07) is 6.09. The van der Waals surface area contributed by atoms with Crippen molar-refractivity contribution in [1.82, 2.24) is 0 Å². The summed E-state index contributed by atoms with van der Waals surface area (Å²) >= 11 is 0. The Hall–Kier alpha value is -1.71. The molecule has 0 radical (unpaired) electrons. The quantitative estimate of drug-likeness (QED) is 0.853. The summed E-state index contributed by atoms with van der Waals surface area (Å²) in [5.74, 6) is 0.880. The van der Waals surface area contributed by atoms with Crippen molar-refractivity contribution in [1.29, 1.82) is 0 Å². The average Bonchev–Trinajstić information content (AvgIpc) is 2.46. The molecule has 0 spiro atoms. The molecule has 1 amide bonds. The number of benzene rings is 1. The maximum absolute atomic E-state index is 11.6. The highest BCUT2D eigenvalue weighted by atomic mass is 16.5. The summed E-state index contributed by atoms with van der Waals surface area (Å²) in [5, 5.41) is 2.92. The lowest BCUT2D eigenvalue weighted by Gasteiger charge is -2.28. The molecule has 1 aromatic carbocycles. The summed E-state index contributed by atoms with van der Waals surface area (Å²) < 4.78 is 5.24. The highest BCUT2D eigenvalue weighted by Crippen LogP contribution is 2.33. The highest BCUT2D eigenvalue weighted by Gasteiger charge is 2.21. The Bertz CT molecular complexity index is 429. The van der Waals surface area contributed by atoms with E-state index >= 15 is 0 Å². The Morgan fingerprint density at radius 1 is 1.41 bits per heavy atom. The SMILES string of the molecule is COc1ccc2c(c1)N(C(C)C)CCC(=O)N2. The summed E-state index contributed by atoms with van der Waals surface area (Å²) in [4.78, 5) is 13.8. The minimum absolute atomic E-state index is 0.0690. The van der Waals surface area contributed by atoms with E-state index in [1.807, 2.05) is 18.2 Å². The maximum atomic E-state index is 11.6. The Morgan fingerprint density at radius 3 is 2.82 bits per heavy atom. The van der Waals surface area contributed by atoms with Crippen LogP contribution in [0.15, 0.2) is 18.2 Å². The van der Waals surface area contributed by atoms with Gasteiger partial charge in [0.05, 0.1) is 18.5 Å². The minimum atomic E-state index is 0.0690. The second-order valence-corrected chi connectivity index (χ2v) is 4.47. The second-order valence-electron chi connectivity index (χ2n) is 4.47. The summed E-state index contributed by atoms with van der Waals surface area (Å²) in [5.41, 5.74) is 1.90. The van der Waals surface area contributed by atoms with Gasteiger partial charge in [-0.1, -0.05) is 0 Å². The van der Waals surface area contributed by atoms with E-state index in [1.165, 1.54) is 0 Å². The van der Waals surface area contributed by atoms with Gasteiger partial charge < -0.3 is 15.0 Å². The number of anilines is 2. The van der Waals surface area contributed by atoms with Crippen molar-refractivity contribution in [2.24, 2.45) is 0 Å². The molecule has 0 saturated heterocycles. The number of nitrogens with one attached hydrogen (secondary N) is 1. The van der Waals surface area contributed by atoms with E-state index in [4.69, 9.17) is 4.74 Å². The Kier molecular flexibility index (Phi) is 3.22. The van der Waals surface area contributed by atoms with Crippen molar-refractivity contribution < 1.29 is 9.53 Å². The van der Waals surface area contributed by atoms with Crippen LogP contribution in [0.1, 0.15) is 20.3 Å². The molecule has 0 aromatic heterocycles. The normalized spacial score (nSPS) is 15.3. The monoisotopic (exact) mass is 234 g/mol. The molecule has 1 aromatic rings. The van der Waals surface area contributed by atoms with Crippen LogP contribution in [0.25, 0.3) is 0 Å². The van der Waals surface area contributed by atoms with Crippen molar-refractivity contribution in [3.63, 3.8) is 0 Å². The van der Waals surface area contributed by atoms with Gasteiger partial charge in [-0.2, -0.15) is 0 Å². The fourth-order valence-electron chi connectivity index (χ4n) is 2.07. The number of carbonyl (C=O) groups excluding carboxylic acids is 1. The predicted molar refractivity (Wildman–Crippen MR) is 68.7 cm³/mol. The Balaban J connectivity index is 2.46. The molecule has 0 bridgehead atoms. The van der Waals surface area contributed by atoms with Crippen LogP contribution in [-0.4, -0.2) is 25.6 Å². The summed E-state index contributed by atoms with van der Waals surface area (Å²) in [7, 11) is 1.65. The van der Waals surface area contributed by atoms with E-state index in [-0.39, 0.29) is 5.91 Å². The Morgan fingerprint density at radius 2 is 2.18 bits per heavy atom. The molecule has 1 N–H and O–H groups in total. The van der Waals surface area contributed by atoms with Gasteiger partial charge in [-0.05, 0) is 26.0 Å². The third-order valence-electron chi connectivity index (χ3n) is 2.99. The molecule has 2 rings (SSSR count). The molecule has 0 fully saturated rings. The van der Waals surface area contributed by atoms with E-state index < -0.39 is 0 Å². The number of hydrogen-bond donors (Lipinski definition) is 1. The molecule has 4 nitrogen and oxygen atoms in total. The predicted octanol–water partition coefficient (Wildman–Crippen LogP) is 2.25. The lowest BCUT2D eigenvalue weighted by atomic mass is 10.2. The van der Waals surface area contributed by atoms with Crippen LogP contribution in [0.3, 0.4) is 0 Å². The van der Waals surface area contributed by atoms with Crippen LogP contribution in [0.4, 0.5) is 11.4 Å². The highest BCUT2D eigenvalue weighted by molar-refractivity contribution is 5.96. The first-order valence-corrected chi connectivity index (χ1v) is 5.86. The molecule has 92 valence electrons. The van der Waals surface area contributed by atoms with Crippen LogP contribution in [0, 0.1) is 0 Å². The molecule has 0 aliphatic carbocycles. The third kappa shape index (κ3) is 2.35. The van der Waals surface area contributed by atoms with E-state index in [2.05, 4.69) is 24.1 Å². The van der Waals surface area contributed by atoms with Gasteiger partial charge in [-0.3, -0.25) is 4.79 Å². The van der Waals surface area contributed by atoms with E-state index in [9.17, 15) is 4.79 Å². The van der Waals surface area contributed by atoms with Crippen molar-refractivity contribution in [2.45, 2.75) is 26.3 Å². The smallest absolute Gasteiger partial charge is 0.226 e. The molecule has 0 saturated carbocycles.